The van der Waals surface area contributed by atoms with Gasteiger partial charge in [0.2, 0.25) is 0 Å². The second kappa shape index (κ2) is 7.56. The molecule has 140 valence electrons. The zero-order chi connectivity index (χ0) is 18.8. The third-order valence-corrected chi connectivity index (χ3v) is 5.33. The molecule has 1 aromatic carbocycles. The van der Waals surface area contributed by atoms with E-state index in [1.54, 1.807) is 23.2 Å². The first-order valence-corrected chi connectivity index (χ1v) is 9.44. The summed E-state index contributed by atoms with van der Waals surface area (Å²) in [6.07, 6.45) is 7.67. The van der Waals surface area contributed by atoms with Gasteiger partial charge in [0.15, 0.2) is 11.7 Å². The minimum absolute atomic E-state index is 0.0463. The van der Waals surface area contributed by atoms with E-state index in [4.69, 9.17) is 16.0 Å². The van der Waals surface area contributed by atoms with E-state index in [1.165, 1.54) is 0 Å². The maximum atomic E-state index is 12.7. The largest absolute Gasteiger partial charge is 0.445 e. The number of piperidine rings is 1. The first-order chi connectivity index (χ1) is 13.1. The van der Waals surface area contributed by atoms with Gasteiger partial charge in [-0.3, -0.25) is 4.79 Å². The van der Waals surface area contributed by atoms with Gasteiger partial charge in [-0.2, -0.15) is 0 Å². The van der Waals surface area contributed by atoms with Crippen molar-refractivity contribution < 1.29 is 9.21 Å². The van der Waals surface area contributed by atoms with Gasteiger partial charge in [-0.1, -0.05) is 29.8 Å². The highest BCUT2D eigenvalue weighted by Crippen LogP contribution is 2.28. The molecular weight excluding hydrogens is 364 g/mol. The number of halogens is 1. The number of likely N-dealkylation sites (tertiary alicyclic amines) is 1. The number of aromatic nitrogens is 3. The number of hydrogen-bond donors (Lipinski definition) is 0. The Morgan fingerprint density at radius 2 is 2.19 bits per heavy atom. The van der Waals surface area contributed by atoms with Crippen molar-refractivity contribution in [2.24, 2.45) is 7.05 Å². The van der Waals surface area contributed by atoms with Crippen molar-refractivity contribution in [1.82, 2.24) is 19.4 Å². The molecule has 4 rings (SSSR count). The van der Waals surface area contributed by atoms with Crippen LogP contribution in [0.25, 0.3) is 0 Å². The molecule has 0 bridgehead atoms. The standard InChI is InChI=1S/C20H21ClN4O2/c1-24-10-8-22-18(24)20(26)25-9-4-6-15(13-25)19-23-12-16(27-19)11-14-5-2-3-7-17(14)21/h2-3,5,7-8,10,12,15H,4,6,9,11,13H2,1H3/t15-/m0/s1. The maximum Gasteiger partial charge on any atom is 0.289 e. The molecule has 0 N–H and O–H groups in total. The fraction of sp³-hybridized carbons (Fsp3) is 0.350. The van der Waals surface area contributed by atoms with Crippen molar-refractivity contribution in [3.05, 3.63) is 70.9 Å². The Morgan fingerprint density at radius 3 is 2.96 bits per heavy atom. The normalized spacial score (nSPS) is 17.3. The summed E-state index contributed by atoms with van der Waals surface area (Å²) in [7, 11) is 1.83. The SMILES string of the molecule is Cn1ccnc1C(=O)N1CCC[C@H](c2ncc(Cc3ccccc3Cl)o2)C1. The second-order valence-electron chi connectivity index (χ2n) is 6.89. The van der Waals surface area contributed by atoms with Gasteiger partial charge in [0.25, 0.3) is 5.91 Å². The van der Waals surface area contributed by atoms with Crippen LogP contribution in [0.1, 0.15) is 46.6 Å². The molecule has 0 unspecified atom stereocenters. The van der Waals surface area contributed by atoms with Crippen LogP contribution >= 0.6 is 11.6 Å². The Labute approximate surface area is 162 Å². The van der Waals surface area contributed by atoms with Crippen LogP contribution in [0.2, 0.25) is 5.02 Å². The van der Waals surface area contributed by atoms with Crippen LogP contribution in [0.3, 0.4) is 0 Å². The molecule has 0 saturated carbocycles. The molecule has 1 fully saturated rings. The predicted octanol–water partition coefficient (Wildman–Crippen LogP) is 3.67. The average molecular weight is 385 g/mol. The smallest absolute Gasteiger partial charge is 0.289 e. The maximum absolute atomic E-state index is 12.7. The summed E-state index contributed by atoms with van der Waals surface area (Å²) in [5.74, 6) is 1.99. The summed E-state index contributed by atoms with van der Waals surface area (Å²) in [5.41, 5.74) is 1.01. The minimum Gasteiger partial charge on any atom is -0.445 e. The first-order valence-electron chi connectivity index (χ1n) is 9.06. The van der Waals surface area contributed by atoms with Crippen molar-refractivity contribution >= 4 is 17.5 Å². The number of imidazole rings is 1. The molecule has 1 amide bonds. The van der Waals surface area contributed by atoms with E-state index in [0.29, 0.717) is 24.7 Å². The number of hydrogen-bond acceptors (Lipinski definition) is 4. The van der Waals surface area contributed by atoms with Crippen LogP contribution in [-0.4, -0.2) is 38.4 Å². The van der Waals surface area contributed by atoms with E-state index in [1.807, 2.05) is 36.2 Å². The highest BCUT2D eigenvalue weighted by Gasteiger charge is 2.29. The van der Waals surface area contributed by atoms with Gasteiger partial charge in [0.05, 0.1) is 12.1 Å². The van der Waals surface area contributed by atoms with Gasteiger partial charge in [-0.25, -0.2) is 9.97 Å². The Bertz CT molecular complexity index is 949. The lowest BCUT2D eigenvalue weighted by Crippen LogP contribution is -2.40. The van der Waals surface area contributed by atoms with Crippen LogP contribution < -0.4 is 0 Å². The van der Waals surface area contributed by atoms with E-state index in [0.717, 1.165) is 35.7 Å². The quantitative estimate of drug-likeness (QED) is 0.688. The van der Waals surface area contributed by atoms with E-state index in [9.17, 15) is 4.79 Å². The van der Waals surface area contributed by atoms with Gasteiger partial charge in [0.1, 0.15) is 5.76 Å². The number of rotatable bonds is 4. The molecule has 0 radical (unpaired) electrons. The number of oxazole rings is 1. The van der Waals surface area contributed by atoms with Crippen molar-refractivity contribution in [2.45, 2.75) is 25.2 Å². The average Bonchev–Trinajstić information content (AvgIpc) is 3.32. The molecule has 2 aromatic heterocycles. The third-order valence-electron chi connectivity index (χ3n) is 4.96. The van der Waals surface area contributed by atoms with Crippen LogP contribution in [0.5, 0.6) is 0 Å². The molecule has 1 aliphatic rings. The second-order valence-corrected chi connectivity index (χ2v) is 7.29. The summed E-state index contributed by atoms with van der Waals surface area (Å²) in [6, 6.07) is 7.72. The van der Waals surface area contributed by atoms with Crippen LogP contribution in [0, 0.1) is 0 Å². The monoisotopic (exact) mass is 384 g/mol. The van der Waals surface area contributed by atoms with E-state index in [2.05, 4.69) is 9.97 Å². The van der Waals surface area contributed by atoms with Crippen LogP contribution in [-0.2, 0) is 13.5 Å². The van der Waals surface area contributed by atoms with Gasteiger partial charge >= 0.3 is 0 Å². The van der Waals surface area contributed by atoms with E-state index >= 15 is 0 Å². The number of nitrogens with zero attached hydrogens (tertiary/aromatic N) is 4. The number of carbonyl (C=O) groups is 1. The summed E-state index contributed by atoms with van der Waals surface area (Å²) in [6.45, 7) is 1.33. The van der Waals surface area contributed by atoms with Crippen molar-refractivity contribution in [3.8, 4) is 0 Å². The molecule has 7 heteroatoms. The summed E-state index contributed by atoms with van der Waals surface area (Å²) in [4.78, 5) is 23.2. The molecule has 0 spiro atoms. The van der Waals surface area contributed by atoms with Crippen LogP contribution in [0.4, 0.5) is 0 Å². The number of amides is 1. The third kappa shape index (κ3) is 3.76. The minimum atomic E-state index is -0.0463. The highest BCUT2D eigenvalue weighted by molar-refractivity contribution is 6.31. The molecule has 1 saturated heterocycles. The first kappa shape index (κ1) is 17.8. The molecule has 1 atom stereocenters. The predicted molar refractivity (Wildman–Crippen MR) is 102 cm³/mol. The van der Waals surface area contributed by atoms with Crippen LogP contribution in [0.15, 0.2) is 47.3 Å². The number of benzene rings is 1. The lowest BCUT2D eigenvalue weighted by molar-refractivity contribution is 0.0682. The summed E-state index contributed by atoms with van der Waals surface area (Å²) in [5, 5.41) is 0.722. The number of carbonyl (C=O) groups excluding carboxylic acids is 1. The molecule has 27 heavy (non-hydrogen) atoms. The van der Waals surface area contributed by atoms with Gasteiger partial charge in [-0.15, -0.1) is 0 Å². The Balaban J connectivity index is 1.46. The molecule has 3 aromatic rings. The Kier molecular flexibility index (Phi) is 4.99. The lowest BCUT2D eigenvalue weighted by atomic mass is 9.98. The molecule has 1 aliphatic heterocycles. The van der Waals surface area contributed by atoms with Gasteiger partial charge in [0, 0.05) is 44.0 Å². The number of aryl methyl sites for hydroxylation is 1. The molecule has 6 nitrogen and oxygen atoms in total. The van der Waals surface area contributed by atoms with Gasteiger partial charge < -0.3 is 13.9 Å². The molecule has 0 aliphatic carbocycles. The van der Waals surface area contributed by atoms with E-state index in [-0.39, 0.29) is 11.8 Å². The topological polar surface area (TPSA) is 64.2 Å². The van der Waals surface area contributed by atoms with Gasteiger partial charge in [-0.05, 0) is 24.5 Å². The summed E-state index contributed by atoms with van der Waals surface area (Å²) >= 11 is 6.23. The summed E-state index contributed by atoms with van der Waals surface area (Å²) < 4.78 is 7.74. The molecular formula is C20H21ClN4O2. The highest BCUT2D eigenvalue weighted by atomic mass is 35.5. The van der Waals surface area contributed by atoms with Crippen molar-refractivity contribution in [1.29, 1.82) is 0 Å². The zero-order valence-corrected chi connectivity index (χ0v) is 15.9. The molecule has 3 heterocycles. The Morgan fingerprint density at radius 1 is 1.33 bits per heavy atom. The van der Waals surface area contributed by atoms with Crippen molar-refractivity contribution in [3.63, 3.8) is 0 Å². The van der Waals surface area contributed by atoms with E-state index < -0.39 is 0 Å². The fourth-order valence-electron chi connectivity index (χ4n) is 3.50. The zero-order valence-electron chi connectivity index (χ0n) is 15.1. The Hall–Kier alpha value is -2.60. The lowest BCUT2D eigenvalue weighted by Gasteiger charge is -2.31. The van der Waals surface area contributed by atoms with Crippen molar-refractivity contribution in [2.75, 3.05) is 13.1 Å². The fourth-order valence-corrected chi connectivity index (χ4v) is 3.70.